The lowest BCUT2D eigenvalue weighted by molar-refractivity contribution is -0.137. The Morgan fingerprint density at radius 3 is 3.07 bits per heavy atom. The molecule has 0 bridgehead atoms. The second-order valence-electron chi connectivity index (χ2n) is 3.41. The highest BCUT2D eigenvalue weighted by molar-refractivity contribution is 5.66. The lowest BCUT2D eigenvalue weighted by Gasteiger charge is -2.23. The Labute approximate surface area is 81.1 Å². The second-order valence-corrected chi connectivity index (χ2v) is 3.41. The van der Waals surface area contributed by atoms with Gasteiger partial charge in [0.1, 0.15) is 5.76 Å². The topological polar surface area (TPSA) is 75.4 Å². The molecular weight excluding hydrogens is 184 g/mol. The lowest BCUT2D eigenvalue weighted by Crippen LogP contribution is -2.40. The minimum atomic E-state index is -0.812. The fourth-order valence-electron chi connectivity index (χ4n) is 1.32. The van der Waals surface area contributed by atoms with Crippen molar-refractivity contribution in [1.29, 1.82) is 0 Å². The molecule has 0 saturated carbocycles. The van der Waals surface area contributed by atoms with Gasteiger partial charge in [-0.25, -0.2) is 4.98 Å². The number of carboxylic acids is 1. The van der Waals surface area contributed by atoms with Crippen LogP contribution in [-0.4, -0.2) is 29.1 Å². The maximum absolute atomic E-state index is 10.3. The van der Waals surface area contributed by atoms with Crippen LogP contribution in [0.4, 0.5) is 0 Å². The molecule has 2 rings (SSSR count). The highest BCUT2D eigenvalue weighted by atomic mass is 16.4. The molecule has 76 valence electrons. The summed E-state index contributed by atoms with van der Waals surface area (Å²) in [5, 5.41) is 11.6. The zero-order chi connectivity index (χ0) is 9.97. The van der Waals surface area contributed by atoms with Crippen molar-refractivity contribution in [3.05, 3.63) is 17.8 Å². The third kappa shape index (κ3) is 1.93. The van der Waals surface area contributed by atoms with Gasteiger partial charge in [0.05, 0.1) is 18.5 Å². The summed E-state index contributed by atoms with van der Waals surface area (Å²) in [6.07, 6.45) is 2.14. The van der Waals surface area contributed by atoms with Crippen LogP contribution < -0.4 is 5.32 Å². The number of aryl methyl sites for hydroxylation is 1. The molecule has 0 atom stereocenters. The maximum atomic E-state index is 10.3. The Morgan fingerprint density at radius 2 is 2.50 bits per heavy atom. The van der Waals surface area contributed by atoms with E-state index in [4.69, 9.17) is 9.52 Å². The number of aromatic nitrogens is 1. The van der Waals surface area contributed by atoms with Gasteiger partial charge in [-0.2, -0.15) is 0 Å². The van der Waals surface area contributed by atoms with Crippen LogP contribution >= 0.6 is 0 Å². The first kappa shape index (κ1) is 9.21. The van der Waals surface area contributed by atoms with E-state index in [1.165, 1.54) is 0 Å². The highest BCUT2D eigenvalue weighted by Crippen LogP contribution is 2.19. The van der Waals surface area contributed by atoms with Gasteiger partial charge in [-0.3, -0.25) is 4.79 Å². The van der Waals surface area contributed by atoms with Crippen LogP contribution in [0.1, 0.15) is 24.0 Å². The van der Waals surface area contributed by atoms with Gasteiger partial charge < -0.3 is 14.8 Å². The predicted octanol–water partition coefficient (Wildman–Crippen LogP) is 0.379. The molecule has 14 heavy (non-hydrogen) atoms. The first-order chi connectivity index (χ1) is 6.75. The average molecular weight is 196 g/mol. The van der Waals surface area contributed by atoms with E-state index in [0.29, 0.717) is 18.1 Å². The van der Waals surface area contributed by atoms with E-state index in [9.17, 15) is 4.79 Å². The van der Waals surface area contributed by atoms with Crippen molar-refractivity contribution in [3.8, 4) is 0 Å². The van der Waals surface area contributed by atoms with Gasteiger partial charge in [-0.05, 0) is 0 Å². The van der Waals surface area contributed by atoms with Crippen LogP contribution in [0.3, 0.4) is 0 Å². The second kappa shape index (κ2) is 3.79. The molecule has 1 aliphatic heterocycles. The van der Waals surface area contributed by atoms with E-state index in [1.54, 1.807) is 6.20 Å². The molecule has 2 N–H and O–H groups in total. The lowest BCUT2D eigenvalue weighted by atomic mass is 10.0. The molecule has 1 saturated heterocycles. The van der Waals surface area contributed by atoms with Gasteiger partial charge >= 0.3 is 5.97 Å². The zero-order valence-corrected chi connectivity index (χ0v) is 7.69. The van der Waals surface area contributed by atoms with Crippen molar-refractivity contribution < 1.29 is 14.3 Å². The van der Waals surface area contributed by atoms with Crippen molar-refractivity contribution in [2.75, 3.05) is 13.1 Å². The number of hydrogen-bond acceptors (Lipinski definition) is 4. The summed E-state index contributed by atoms with van der Waals surface area (Å²) in [6, 6.07) is 0. The summed E-state index contributed by atoms with van der Waals surface area (Å²) in [4.78, 5) is 14.4. The van der Waals surface area contributed by atoms with Gasteiger partial charge in [0.15, 0.2) is 5.89 Å². The quantitative estimate of drug-likeness (QED) is 0.728. The molecule has 2 heterocycles. The minimum absolute atomic E-state index is 0.0948. The molecular formula is C9H12N2O3. The largest absolute Gasteiger partial charge is 0.481 e. The first-order valence-electron chi connectivity index (χ1n) is 4.63. The van der Waals surface area contributed by atoms with E-state index in [-0.39, 0.29) is 6.42 Å². The summed E-state index contributed by atoms with van der Waals surface area (Å²) in [5.74, 6) is 0.945. The number of rotatable bonds is 4. The average Bonchev–Trinajstić information content (AvgIpc) is 2.46. The van der Waals surface area contributed by atoms with Gasteiger partial charge in [-0.1, -0.05) is 0 Å². The van der Waals surface area contributed by atoms with Crippen LogP contribution in [0.15, 0.2) is 10.6 Å². The number of carbonyl (C=O) groups is 1. The van der Waals surface area contributed by atoms with Gasteiger partial charge in [0, 0.05) is 19.5 Å². The van der Waals surface area contributed by atoms with Crippen molar-refractivity contribution >= 4 is 5.97 Å². The molecule has 5 heteroatoms. The van der Waals surface area contributed by atoms with E-state index < -0.39 is 5.97 Å². The van der Waals surface area contributed by atoms with Gasteiger partial charge in [-0.15, -0.1) is 0 Å². The monoisotopic (exact) mass is 196 g/mol. The SMILES string of the molecule is O=C(O)CCc1cnc(C2CNC2)o1. The summed E-state index contributed by atoms with van der Waals surface area (Å²) in [6.45, 7) is 1.80. The molecule has 1 aromatic heterocycles. The van der Waals surface area contributed by atoms with Gasteiger partial charge in [0.25, 0.3) is 0 Å². The van der Waals surface area contributed by atoms with E-state index in [2.05, 4.69) is 10.3 Å². The number of hydrogen-bond donors (Lipinski definition) is 2. The number of aliphatic carboxylic acids is 1. The smallest absolute Gasteiger partial charge is 0.303 e. The Morgan fingerprint density at radius 1 is 1.71 bits per heavy atom. The fourth-order valence-corrected chi connectivity index (χ4v) is 1.32. The fraction of sp³-hybridized carbons (Fsp3) is 0.556. The Kier molecular flexibility index (Phi) is 2.49. The molecule has 5 nitrogen and oxygen atoms in total. The normalized spacial score (nSPS) is 16.6. The van der Waals surface area contributed by atoms with Crippen molar-refractivity contribution in [1.82, 2.24) is 10.3 Å². The van der Waals surface area contributed by atoms with Crippen LogP contribution in [0, 0.1) is 0 Å². The van der Waals surface area contributed by atoms with Crippen LogP contribution in [0.5, 0.6) is 0 Å². The third-order valence-corrected chi connectivity index (χ3v) is 2.29. The first-order valence-corrected chi connectivity index (χ1v) is 4.63. The molecule has 0 unspecified atom stereocenters. The number of carboxylic acid groups (broad SMARTS) is 1. The van der Waals surface area contributed by atoms with Crippen LogP contribution in [0.25, 0.3) is 0 Å². The zero-order valence-electron chi connectivity index (χ0n) is 7.69. The summed E-state index contributed by atoms with van der Waals surface area (Å²) >= 11 is 0. The van der Waals surface area contributed by atoms with Crippen LogP contribution in [0.2, 0.25) is 0 Å². The molecule has 0 amide bonds. The van der Waals surface area contributed by atoms with Gasteiger partial charge in [0.2, 0.25) is 0 Å². The van der Waals surface area contributed by atoms with E-state index in [1.807, 2.05) is 0 Å². The van der Waals surface area contributed by atoms with E-state index >= 15 is 0 Å². The molecule has 1 aliphatic rings. The van der Waals surface area contributed by atoms with Crippen molar-refractivity contribution in [2.24, 2.45) is 0 Å². The molecule has 1 fully saturated rings. The molecule has 0 aliphatic carbocycles. The number of nitrogens with one attached hydrogen (secondary N) is 1. The van der Waals surface area contributed by atoms with Crippen molar-refractivity contribution in [2.45, 2.75) is 18.8 Å². The standard InChI is InChI=1S/C9H12N2O3/c12-8(13)2-1-7-5-11-9(14-7)6-3-10-4-6/h5-6,10H,1-4H2,(H,12,13). The molecule has 0 radical (unpaired) electrons. The van der Waals surface area contributed by atoms with Crippen molar-refractivity contribution in [3.63, 3.8) is 0 Å². The predicted molar refractivity (Wildman–Crippen MR) is 48.1 cm³/mol. The highest BCUT2D eigenvalue weighted by Gasteiger charge is 2.23. The molecule has 0 spiro atoms. The molecule has 0 aromatic carbocycles. The number of nitrogens with zero attached hydrogens (tertiary/aromatic N) is 1. The van der Waals surface area contributed by atoms with Crippen LogP contribution in [-0.2, 0) is 11.2 Å². The van der Waals surface area contributed by atoms with E-state index in [0.717, 1.165) is 19.0 Å². The molecule has 1 aromatic rings. The summed E-state index contributed by atoms with van der Waals surface area (Å²) < 4.78 is 5.42. The summed E-state index contributed by atoms with van der Waals surface area (Å²) in [7, 11) is 0. The number of oxazole rings is 1. The Hall–Kier alpha value is -1.36. The Bertz CT molecular complexity index is 331. The third-order valence-electron chi connectivity index (χ3n) is 2.29. The summed E-state index contributed by atoms with van der Waals surface area (Å²) in [5.41, 5.74) is 0. The Balaban J connectivity index is 1.92. The maximum Gasteiger partial charge on any atom is 0.303 e. The minimum Gasteiger partial charge on any atom is -0.481 e.